The van der Waals surface area contributed by atoms with Crippen molar-refractivity contribution in [1.29, 1.82) is 0 Å². The number of Topliss-reactive ketones (excluding diaryl/α,β-unsaturated/α-hetero) is 1. The predicted octanol–water partition coefficient (Wildman–Crippen LogP) is 2.72. The lowest BCUT2D eigenvalue weighted by Gasteiger charge is -2.15. The molecule has 0 aliphatic rings. The van der Waals surface area contributed by atoms with E-state index >= 15 is 0 Å². The number of anilines is 1. The highest BCUT2D eigenvalue weighted by atomic mass is 16.5. The first-order valence-corrected chi connectivity index (χ1v) is 8.80. The average molecular weight is 417 g/mol. The maximum absolute atomic E-state index is 12.4. The van der Waals surface area contributed by atoms with E-state index in [1.807, 2.05) is 0 Å². The normalized spacial score (nSPS) is 10.0. The van der Waals surface area contributed by atoms with E-state index in [1.165, 1.54) is 53.6 Å². The van der Waals surface area contributed by atoms with Gasteiger partial charge in [-0.15, -0.1) is 0 Å². The second kappa shape index (κ2) is 10.1. The Morgan fingerprint density at radius 1 is 0.833 bits per heavy atom. The standard InChI is InChI=1S/C21H23NO8/c1-12(23)13-6-7-16(17(8-13)26-2)30-11-20(24)22-15-10-19(28-4)18(27-3)9-14(15)21(25)29-5/h6-10H,11H2,1-5H3,(H,22,24). The summed E-state index contributed by atoms with van der Waals surface area (Å²) < 4.78 is 25.9. The van der Waals surface area contributed by atoms with Gasteiger partial charge in [-0.3, -0.25) is 9.59 Å². The van der Waals surface area contributed by atoms with Gasteiger partial charge >= 0.3 is 5.97 Å². The smallest absolute Gasteiger partial charge is 0.340 e. The average Bonchev–Trinajstić information content (AvgIpc) is 2.76. The number of esters is 1. The Balaban J connectivity index is 2.20. The van der Waals surface area contributed by atoms with E-state index in [9.17, 15) is 14.4 Å². The molecule has 1 N–H and O–H groups in total. The largest absolute Gasteiger partial charge is 0.493 e. The van der Waals surface area contributed by atoms with Gasteiger partial charge in [0, 0.05) is 17.7 Å². The molecule has 30 heavy (non-hydrogen) atoms. The Morgan fingerprint density at radius 2 is 1.43 bits per heavy atom. The molecule has 0 aliphatic carbocycles. The minimum absolute atomic E-state index is 0.0897. The Morgan fingerprint density at radius 3 is 2.00 bits per heavy atom. The SMILES string of the molecule is COC(=O)c1cc(OC)c(OC)cc1NC(=O)COc1ccc(C(C)=O)cc1OC. The minimum Gasteiger partial charge on any atom is -0.493 e. The van der Waals surface area contributed by atoms with Crippen LogP contribution in [0.15, 0.2) is 30.3 Å². The van der Waals surface area contributed by atoms with Gasteiger partial charge in [0.2, 0.25) is 0 Å². The summed E-state index contributed by atoms with van der Waals surface area (Å²) in [6.45, 7) is 1.06. The van der Waals surface area contributed by atoms with Crippen molar-refractivity contribution in [1.82, 2.24) is 0 Å². The topological polar surface area (TPSA) is 109 Å². The zero-order chi connectivity index (χ0) is 22.3. The summed E-state index contributed by atoms with van der Waals surface area (Å²) >= 11 is 0. The molecule has 9 nitrogen and oxygen atoms in total. The number of hydrogen-bond donors (Lipinski definition) is 1. The third kappa shape index (κ3) is 5.19. The molecule has 0 unspecified atom stereocenters. The van der Waals surface area contributed by atoms with Crippen LogP contribution >= 0.6 is 0 Å². The molecular formula is C21H23NO8. The van der Waals surface area contributed by atoms with Gasteiger partial charge in [0.15, 0.2) is 35.4 Å². The molecule has 0 bridgehead atoms. The highest BCUT2D eigenvalue weighted by molar-refractivity contribution is 6.02. The molecular weight excluding hydrogens is 394 g/mol. The highest BCUT2D eigenvalue weighted by Crippen LogP contribution is 2.34. The number of nitrogens with one attached hydrogen (secondary N) is 1. The number of carbonyl (C=O) groups excluding carboxylic acids is 3. The Bertz CT molecular complexity index is 954. The van der Waals surface area contributed by atoms with Crippen molar-refractivity contribution >= 4 is 23.3 Å². The zero-order valence-corrected chi connectivity index (χ0v) is 17.4. The number of rotatable bonds is 9. The van der Waals surface area contributed by atoms with Crippen molar-refractivity contribution in [3.05, 3.63) is 41.5 Å². The summed E-state index contributed by atoms with van der Waals surface area (Å²) in [5.41, 5.74) is 0.718. The maximum Gasteiger partial charge on any atom is 0.340 e. The van der Waals surface area contributed by atoms with E-state index in [2.05, 4.69) is 5.32 Å². The monoisotopic (exact) mass is 417 g/mol. The lowest BCUT2D eigenvalue weighted by atomic mass is 10.1. The van der Waals surface area contributed by atoms with Gasteiger partial charge < -0.3 is 29.0 Å². The molecule has 2 aromatic rings. The molecule has 0 saturated heterocycles. The first kappa shape index (κ1) is 22.5. The van der Waals surface area contributed by atoms with Crippen molar-refractivity contribution in [2.75, 3.05) is 40.4 Å². The van der Waals surface area contributed by atoms with Gasteiger partial charge in [-0.2, -0.15) is 0 Å². The van der Waals surface area contributed by atoms with Crippen LogP contribution in [0.2, 0.25) is 0 Å². The van der Waals surface area contributed by atoms with Crippen LogP contribution in [0.3, 0.4) is 0 Å². The maximum atomic E-state index is 12.4. The number of ketones is 1. The van der Waals surface area contributed by atoms with Gasteiger partial charge in [-0.25, -0.2) is 4.79 Å². The molecule has 160 valence electrons. The number of hydrogen-bond acceptors (Lipinski definition) is 8. The summed E-state index contributed by atoms with van der Waals surface area (Å²) in [7, 11) is 5.51. The fourth-order valence-electron chi connectivity index (χ4n) is 2.60. The molecule has 0 atom stereocenters. The van der Waals surface area contributed by atoms with Crippen LogP contribution < -0.4 is 24.3 Å². The summed E-state index contributed by atoms with van der Waals surface area (Å²) in [5.74, 6) is -0.0829. The molecule has 2 aromatic carbocycles. The quantitative estimate of drug-likeness (QED) is 0.490. The second-order valence-electron chi connectivity index (χ2n) is 6.00. The fourth-order valence-corrected chi connectivity index (χ4v) is 2.60. The predicted molar refractivity (Wildman–Crippen MR) is 108 cm³/mol. The van der Waals surface area contributed by atoms with E-state index < -0.39 is 11.9 Å². The summed E-state index contributed by atoms with van der Waals surface area (Å²) in [5, 5.41) is 2.59. The van der Waals surface area contributed by atoms with Gasteiger partial charge in [0.25, 0.3) is 5.91 Å². The van der Waals surface area contributed by atoms with Crippen LogP contribution in [-0.4, -0.2) is 52.7 Å². The first-order chi connectivity index (χ1) is 14.3. The third-order valence-corrected chi connectivity index (χ3v) is 4.13. The molecule has 0 aromatic heterocycles. The summed E-state index contributed by atoms with van der Waals surface area (Å²) in [6, 6.07) is 7.50. The zero-order valence-electron chi connectivity index (χ0n) is 17.4. The Kier molecular flexibility index (Phi) is 7.62. The van der Waals surface area contributed by atoms with Crippen LogP contribution in [0.25, 0.3) is 0 Å². The van der Waals surface area contributed by atoms with Gasteiger partial charge in [0.05, 0.1) is 39.7 Å². The molecule has 0 heterocycles. The van der Waals surface area contributed by atoms with Crippen LogP contribution in [0.1, 0.15) is 27.6 Å². The molecule has 2 rings (SSSR count). The molecule has 0 radical (unpaired) electrons. The number of amides is 1. The molecule has 0 spiro atoms. The molecule has 0 saturated carbocycles. The van der Waals surface area contributed by atoms with Crippen LogP contribution in [0.5, 0.6) is 23.0 Å². The molecule has 0 fully saturated rings. The van der Waals surface area contributed by atoms with Crippen LogP contribution in [0, 0.1) is 0 Å². The van der Waals surface area contributed by atoms with E-state index in [0.29, 0.717) is 22.8 Å². The van der Waals surface area contributed by atoms with Gasteiger partial charge in [-0.05, 0) is 25.1 Å². The van der Waals surface area contributed by atoms with Crippen molar-refractivity contribution in [2.24, 2.45) is 0 Å². The van der Waals surface area contributed by atoms with Crippen molar-refractivity contribution in [3.8, 4) is 23.0 Å². The molecule has 1 amide bonds. The number of carbonyl (C=O) groups is 3. The summed E-state index contributed by atoms with van der Waals surface area (Å²) in [6.07, 6.45) is 0. The number of methoxy groups -OCH3 is 4. The molecule has 9 heteroatoms. The lowest BCUT2D eigenvalue weighted by Crippen LogP contribution is -2.22. The first-order valence-electron chi connectivity index (χ1n) is 8.80. The van der Waals surface area contributed by atoms with Crippen molar-refractivity contribution < 1.29 is 38.1 Å². The summed E-state index contributed by atoms with van der Waals surface area (Å²) in [4.78, 5) is 36.0. The minimum atomic E-state index is -0.659. The lowest BCUT2D eigenvalue weighted by molar-refractivity contribution is -0.118. The van der Waals surface area contributed by atoms with Crippen LogP contribution in [-0.2, 0) is 9.53 Å². The van der Waals surface area contributed by atoms with Crippen molar-refractivity contribution in [3.63, 3.8) is 0 Å². The van der Waals surface area contributed by atoms with E-state index in [4.69, 9.17) is 23.7 Å². The Labute approximate surface area is 173 Å². The van der Waals surface area contributed by atoms with E-state index in [-0.39, 0.29) is 29.4 Å². The Hall–Kier alpha value is -3.75. The third-order valence-electron chi connectivity index (χ3n) is 4.13. The van der Waals surface area contributed by atoms with Crippen molar-refractivity contribution in [2.45, 2.75) is 6.92 Å². The molecule has 0 aliphatic heterocycles. The number of benzene rings is 2. The van der Waals surface area contributed by atoms with Crippen LogP contribution in [0.4, 0.5) is 5.69 Å². The fraction of sp³-hybridized carbons (Fsp3) is 0.286. The van der Waals surface area contributed by atoms with E-state index in [0.717, 1.165) is 0 Å². The van der Waals surface area contributed by atoms with Gasteiger partial charge in [-0.1, -0.05) is 0 Å². The van der Waals surface area contributed by atoms with Gasteiger partial charge in [0.1, 0.15) is 0 Å². The second-order valence-corrected chi connectivity index (χ2v) is 6.00. The highest BCUT2D eigenvalue weighted by Gasteiger charge is 2.19. The number of ether oxygens (including phenoxy) is 5. The van der Waals surface area contributed by atoms with E-state index in [1.54, 1.807) is 12.1 Å².